The topological polar surface area (TPSA) is 142 Å². The maximum absolute atomic E-state index is 10.1. The van der Waals surface area contributed by atoms with E-state index >= 15 is 0 Å². The van der Waals surface area contributed by atoms with Crippen LogP contribution < -0.4 is 20.3 Å². The fourth-order valence-electron chi connectivity index (χ4n) is 4.73. The largest absolute Gasteiger partial charge is 0.491 e. The molecule has 5 rings (SSSR count). The number of aromatic nitrogens is 3. The van der Waals surface area contributed by atoms with Gasteiger partial charge in [0, 0.05) is 36.0 Å². The average Bonchev–Trinajstić information content (AvgIpc) is 3.43. The molecule has 11 nitrogen and oxygen atoms in total. The third-order valence-electron chi connectivity index (χ3n) is 6.98. The van der Waals surface area contributed by atoms with Crippen LogP contribution in [-0.4, -0.2) is 84.6 Å². The molecule has 2 saturated heterocycles. The SMILES string of the molecule is CNC[C@@H](O)COc1ccc(Cl)c(-c2nc(-c3c(C)noc3C)c(C)c(N3CC(=N)/C(=C\NC4COC4)C3)n2)c1. The molecule has 1 atom stereocenters. The van der Waals surface area contributed by atoms with Crippen molar-refractivity contribution < 1.29 is 19.1 Å². The number of nitrogens with zero attached hydrogens (tertiary/aromatic N) is 4. The first-order valence-corrected chi connectivity index (χ1v) is 13.6. The molecule has 2 aliphatic heterocycles. The van der Waals surface area contributed by atoms with Crippen molar-refractivity contribution in [2.45, 2.75) is 32.9 Å². The van der Waals surface area contributed by atoms with Crippen molar-refractivity contribution in [2.24, 2.45) is 0 Å². The van der Waals surface area contributed by atoms with Crippen LogP contribution in [0.4, 0.5) is 5.82 Å². The summed E-state index contributed by atoms with van der Waals surface area (Å²) in [4.78, 5) is 12.0. The first kappa shape index (κ1) is 28.0. The number of aliphatic hydroxyl groups is 1. The maximum atomic E-state index is 10.1. The molecule has 0 saturated carbocycles. The molecule has 0 spiro atoms. The summed E-state index contributed by atoms with van der Waals surface area (Å²) in [6, 6.07) is 5.55. The van der Waals surface area contributed by atoms with Crippen molar-refractivity contribution in [3.8, 4) is 28.4 Å². The van der Waals surface area contributed by atoms with Gasteiger partial charge in [0.1, 0.15) is 30.0 Å². The molecule has 0 radical (unpaired) electrons. The predicted octanol–water partition coefficient (Wildman–Crippen LogP) is 3.05. The normalized spacial score (nSPS) is 17.4. The molecule has 2 aromatic heterocycles. The zero-order chi connectivity index (χ0) is 28.4. The second-order valence-corrected chi connectivity index (χ2v) is 10.5. The van der Waals surface area contributed by atoms with Gasteiger partial charge in [-0.25, -0.2) is 9.97 Å². The van der Waals surface area contributed by atoms with Crippen LogP contribution in [0.3, 0.4) is 0 Å². The molecule has 12 heteroatoms. The smallest absolute Gasteiger partial charge is 0.163 e. The zero-order valence-electron chi connectivity index (χ0n) is 23.0. The van der Waals surface area contributed by atoms with Crippen LogP contribution in [0.25, 0.3) is 22.6 Å². The number of rotatable bonds is 10. The number of aliphatic hydroxyl groups excluding tert-OH is 1. The third kappa shape index (κ3) is 5.83. The van der Waals surface area contributed by atoms with E-state index in [0.29, 0.717) is 78.0 Å². The lowest BCUT2D eigenvalue weighted by Crippen LogP contribution is -2.43. The Hall–Kier alpha value is -3.51. The molecule has 4 N–H and O–H groups in total. The van der Waals surface area contributed by atoms with E-state index in [2.05, 4.69) is 20.7 Å². The minimum atomic E-state index is -0.656. The van der Waals surface area contributed by atoms with E-state index in [4.69, 9.17) is 41.0 Å². The number of halogens is 1. The van der Waals surface area contributed by atoms with Gasteiger partial charge in [0.15, 0.2) is 5.82 Å². The molecule has 1 aromatic carbocycles. The molecule has 0 aliphatic carbocycles. The van der Waals surface area contributed by atoms with E-state index in [9.17, 15) is 5.11 Å². The Morgan fingerprint density at radius 2 is 2.05 bits per heavy atom. The lowest BCUT2D eigenvalue weighted by atomic mass is 10.0. The van der Waals surface area contributed by atoms with Gasteiger partial charge in [-0.3, -0.25) is 0 Å². The van der Waals surface area contributed by atoms with Gasteiger partial charge in [-0.05, 0) is 46.0 Å². The van der Waals surface area contributed by atoms with Gasteiger partial charge in [0.2, 0.25) is 0 Å². The van der Waals surface area contributed by atoms with Crippen molar-refractivity contribution in [1.82, 2.24) is 25.8 Å². The number of nitrogens with one attached hydrogen (secondary N) is 3. The van der Waals surface area contributed by atoms with E-state index in [0.717, 1.165) is 22.4 Å². The van der Waals surface area contributed by atoms with Gasteiger partial charge in [-0.15, -0.1) is 0 Å². The second-order valence-electron chi connectivity index (χ2n) is 10.1. The van der Waals surface area contributed by atoms with Gasteiger partial charge in [0.05, 0.1) is 53.5 Å². The lowest BCUT2D eigenvalue weighted by Gasteiger charge is -2.26. The highest BCUT2D eigenvalue weighted by Crippen LogP contribution is 2.37. The Bertz CT molecular complexity index is 1420. The van der Waals surface area contributed by atoms with Crippen LogP contribution in [0, 0.1) is 26.2 Å². The average molecular weight is 568 g/mol. The summed E-state index contributed by atoms with van der Waals surface area (Å²) < 4.78 is 16.5. The van der Waals surface area contributed by atoms with Crippen molar-refractivity contribution in [3.05, 3.63) is 52.0 Å². The van der Waals surface area contributed by atoms with E-state index in [-0.39, 0.29) is 12.6 Å². The Morgan fingerprint density at radius 1 is 1.25 bits per heavy atom. The molecular formula is C28H34ClN7O4. The first-order valence-electron chi connectivity index (χ1n) is 13.2. The number of hydrogen-bond donors (Lipinski definition) is 4. The molecule has 0 amide bonds. The standard InChI is InChI=1S/C28H34ClN7O4/c1-15-26(25-16(2)35-40-17(25)3)33-27(22-7-21(5-6-23(22)29)39-14-20(37)9-31-4)34-28(15)36-10-18(24(30)11-36)8-32-19-12-38-13-19/h5-8,19-20,30-32,37H,9-14H2,1-4H3/b18-8-,30-24?/t20-/m1/s1. The Labute approximate surface area is 238 Å². The molecule has 4 heterocycles. The van der Waals surface area contributed by atoms with E-state index in [1.54, 1.807) is 25.2 Å². The third-order valence-corrected chi connectivity index (χ3v) is 7.31. The highest BCUT2D eigenvalue weighted by Gasteiger charge is 2.29. The lowest BCUT2D eigenvalue weighted by molar-refractivity contribution is 0.000713. The summed E-state index contributed by atoms with van der Waals surface area (Å²) in [5, 5.41) is 29.6. The van der Waals surface area contributed by atoms with Crippen LogP contribution in [0.1, 0.15) is 17.0 Å². The van der Waals surface area contributed by atoms with Crippen LogP contribution in [0.2, 0.25) is 5.02 Å². The number of anilines is 1. The summed E-state index contributed by atoms with van der Waals surface area (Å²) in [7, 11) is 1.77. The molecule has 3 aromatic rings. The number of likely N-dealkylation sites (N-methyl/N-ethyl adjacent to an activating group) is 1. The number of benzene rings is 1. The van der Waals surface area contributed by atoms with Gasteiger partial charge >= 0.3 is 0 Å². The van der Waals surface area contributed by atoms with Gasteiger partial charge in [0.25, 0.3) is 0 Å². The minimum Gasteiger partial charge on any atom is -0.491 e. The molecule has 0 unspecified atom stereocenters. The molecule has 0 bridgehead atoms. The van der Waals surface area contributed by atoms with Crippen LogP contribution >= 0.6 is 11.6 Å². The maximum Gasteiger partial charge on any atom is 0.163 e. The monoisotopic (exact) mass is 567 g/mol. The van der Waals surface area contributed by atoms with Crippen LogP contribution in [-0.2, 0) is 4.74 Å². The number of hydrogen-bond acceptors (Lipinski definition) is 11. The van der Waals surface area contributed by atoms with Crippen molar-refractivity contribution in [3.63, 3.8) is 0 Å². The van der Waals surface area contributed by atoms with Gasteiger partial charge < -0.3 is 40.0 Å². The Morgan fingerprint density at radius 3 is 2.73 bits per heavy atom. The van der Waals surface area contributed by atoms with Crippen molar-refractivity contribution >= 4 is 23.1 Å². The summed E-state index contributed by atoms with van der Waals surface area (Å²) in [6.07, 6.45) is 1.26. The molecule has 40 heavy (non-hydrogen) atoms. The fraction of sp³-hybridized carbons (Fsp3) is 0.429. The van der Waals surface area contributed by atoms with Crippen LogP contribution in [0.15, 0.2) is 34.5 Å². The number of aryl methyl sites for hydroxylation is 2. The Kier molecular flexibility index (Phi) is 8.36. The fourth-order valence-corrected chi connectivity index (χ4v) is 4.93. The van der Waals surface area contributed by atoms with Crippen LogP contribution in [0.5, 0.6) is 5.75 Å². The van der Waals surface area contributed by atoms with Crippen molar-refractivity contribution in [2.75, 3.05) is 51.4 Å². The highest BCUT2D eigenvalue weighted by molar-refractivity contribution is 6.33. The summed E-state index contributed by atoms with van der Waals surface area (Å²) in [5.74, 6) is 2.31. The van der Waals surface area contributed by atoms with Crippen molar-refractivity contribution in [1.29, 1.82) is 5.41 Å². The zero-order valence-corrected chi connectivity index (χ0v) is 23.8. The highest BCUT2D eigenvalue weighted by atomic mass is 35.5. The van der Waals surface area contributed by atoms with Gasteiger partial charge in [-0.1, -0.05) is 16.8 Å². The Balaban J connectivity index is 1.54. The predicted molar refractivity (Wildman–Crippen MR) is 153 cm³/mol. The quantitative estimate of drug-likeness (QED) is 0.289. The number of ether oxygens (including phenoxy) is 2. The molecule has 2 fully saturated rings. The van der Waals surface area contributed by atoms with E-state index in [1.165, 1.54) is 0 Å². The van der Waals surface area contributed by atoms with E-state index in [1.807, 2.05) is 27.0 Å². The minimum absolute atomic E-state index is 0.123. The summed E-state index contributed by atoms with van der Waals surface area (Å²) in [5.41, 5.74) is 5.09. The summed E-state index contributed by atoms with van der Waals surface area (Å²) in [6.45, 7) is 8.53. The molecule has 2 aliphatic rings. The molecular weight excluding hydrogens is 534 g/mol. The van der Waals surface area contributed by atoms with Gasteiger partial charge in [-0.2, -0.15) is 0 Å². The second kappa shape index (κ2) is 11.9. The first-order chi connectivity index (χ1) is 19.2. The molecule has 212 valence electrons. The summed E-state index contributed by atoms with van der Waals surface area (Å²) >= 11 is 6.67. The van der Waals surface area contributed by atoms with E-state index < -0.39 is 6.10 Å².